The van der Waals surface area contributed by atoms with Gasteiger partial charge in [0, 0.05) is 20.2 Å². The van der Waals surface area contributed by atoms with Crippen molar-refractivity contribution in [1.82, 2.24) is 0 Å². The van der Waals surface area contributed by atoms with Gasteiger partial charge in [0.05, 0.1) is 0 Å². The van der Waals surface area contributed by atoms with Crippen LogP contribution in [0.15, 0.2) is 170 Å². The fraction of sp³-hybridized carbons (Fsp3) is 0. The molecular weight excluding hydrogens is 561 g/mol. The minimum atomic E-state index is 1.22. The van der Waals surface area contributed by atoms with Crippen molar-refractivity contribution in [3.05, 3.63) is 170 Å². The third kappa shape index (κ3) is 4.44. The lowest BCUT2D eigenvalue weighted by Crippen LogP contribution is -1.86. The summed E-state index contributed by atoms with van der Waals surface area (Å²) in [6.45, 7) is 0. The van der Waals surface area contributed by atoms with Crippen LogP contribution in [0.5, 0.6) is 0 Å². The van der Waals surface area contributed by atoms with Crippen molar-refractivity contribution in [2.24, 2.45) is 0 Å². The van der Waals surface area contributed by atoms with E-state index in [0.29, 0.717) is 0 Å². The summed E-state index contributed by atoms with van der Waals surface area (Å²) in [6, 6.07) is 62.1. The van der Waals surface area contributed by atoms with Crippen molar-refractivity contribution in [2.45, 2.75) is 0 Å². The van der Waals surface area contributed by atoms with E-state index in [2.05, 4.69) is 170 Å². The minimum Gasteiger partial charge on any atom is -0.135 e. The summed E-state index contributed by atoms with van der Waals surface area (Å²) in [5.74, 6) is 0. The highest BCUT2D eigenvalue weighted by atomic mass is 32.1. The first-order valence-corrected chi connectivity index (χ1v) is 16.2. The first-order chi connectivity index (χ1) is 22.3. The molecule has 1 aromatic heterocycles. The summed E-state index contributed by atoms with van der Waals surface area (Å²) in [7, 11) is 0. The van der Waals surface area contributed by atoms with Gasteiger partial charge < -0.3 is 0 Å². The Morgan fingerprint density at radius 3 is 1.62 bits per heavy atom. The molecule has 0 radical (unpaired) electrons. The fourth-order valence-electron chi connectivity index (χ4n) is 6.83. The maximum atomic E-state index is 2.33. The van der Waals surface area contributed by atoms with E-state index in [4.69, 9.17) is 0 Å². The van der Waals surface area contributed by atoms with Crippen molar-refractivity contribution in [3.8, 4) is 44.5 Å². The average Bonchev–Trinajstić information content (AvgIpc) is 3.51. The summed E-state index contributed by atoms with van der Waals surface area (Å²) >= 11 is 1.88. The first kappa shape index (κ1) is 25.9. The topological polar surface area (TPSA) is 0 Å². The van der Waals surface area contributed by atoms with Gasteiger partial charge in [-0.3, -0.25) is 0 Å². The lowest BCUT2D eigenvalue weighted by Gasteiger charge is -2.12. The molecule has 0 N–H and O–H groups in total. The van der Waals surface area contributed by atoms with Gasteiger partial charge in [-0.1, -0.05) is 152 Å². The van der Waals surface area contributed by atoms with Crippen molar-refractivity contribution in [2.75, 3.05) is 0 Å². The Morgan fingerprint density at radius 1 is 0.289 bits per heavy atom. The molecule has 9 rings (SSSR count). The van der Waals surface area contributed by atoms with Crippen LogP contribution in [-0.2, 0) is 0 Å². The van der Waals surface area contributed by atoms with E-state index in [-0.39, 0.29) is 0 Å². The van der Waals surface area contributed by atoms with Crippen LogP contribution in [0.2, 0.25) is 0 Å². The number of benzene rings is 8. The maximum absolute atomic E-state index is 2.33. The molecule has 0 spiro atoms. The van der Waals surface area contributed by atoms with Crippen molar-refractivity contribution in [1.29, 1.82) is 0 Å². The van der Waals surface area contributed by atoms with Gasteiger partial charge in [0.1, 0.15) is 0 Å². The van der Waals surface area contributed by atoms with Crippen LogP contribution in [0.1, 0.15) is 0 Å². The Morgan fingerprint density at radius 2 is 0.844 bits per heavy atom. The number of fused-ring (bicyclic) bond motifs is 6. The predicted molar refractivity (Wildman–Crippen MR) is 196 cm³/mol. The molecular formula is C44H28S. The quantitative estimate of drug-likeness (QED) is 0.179. The van der Waals surface area contributed by atoms with Crippen LogP contribution in [0, 0.1) is 0 Å². The molecule has 0 aliphatic heterocycles. The van der Waals surface area contributed by atoms with Crippen molar-refractivity contribution >= 4 is 53.1 Å². The molecule has 45 heavy (non-hydrogen) atoms. The third-order valence-electron chi connectivity index (χ3n) is 9.09. The van der Waals surface area contributed by atoms with Crippen LogP contribution in [0.25, 0.3) is 86.2 Å². The molecule has 9 aromatic rings. The highest BCUT2D eigenvalue weighted by Gasteiger charge is 2.12. The molecule has 0 saturated carbocycles. The number of hydrogen-bond donors (Lipinski definition) is 0. The van der Waals surface area contributed by atoms with Gasteiger partial charge in [-0.2, -0.15) is 0 Å². The van der Waals surface area contributed by atoms with Gasteiger partial charge in [-0.25, -0.2) is 0 Å². The highest BCUT2D eigenvalue weighted by molar-refractivity contribution is 7.26. The van der Waals surface area contributed by atoms with Crippen LogP contribution >= 0.6 is 11.3 Å². The summed E-state index contributed by atoms with van der Waals surface area (Å²) < 4.78 is 2.69. The second-order valence-electron chi connectivity index (χ2n) is 11.7. The van der Waals surface area contributed by atoms with Crippen molar-refractivity contribution in [3.63, 3.8) is 0 Å². The maximum Gasteiger partial charge on any atom is 0.0433 e. The molecule has 0 nitrogen and oxygen atoms in total. The summed E-state index contributed by atoms with van der Waals surface area (Å²) in [6.07, 6.45) is 0. The molecule has 0 amide bonds. The Balaban J connectivity index is 1.03. The van der Waals surface area contributed by atoms with E-state index >= 15 is 0 Å². The van der Waals surface area contributed by atoms with E-state index in [0.717, 1.165) is 0 Å². The molecule has 0 saturated heterocycles. The largest absolute Gasteiger partial charge is 0.135 e. The molecule has 1 heterocycles. The van der Waals surface area contributed by atoms with Crippen LogP contribution in [0.3, 0.4) is 0 Å². The smallest absolute Gasteiger partial charge is 0.0433 e. The molecule has 0 unspecified atom stereocenters. The summed E-state index contributed by atoms with van der Waals surface area (Å²) in [4.78, 5) is 0. The predicted octanol–water partition coefficient (Wildman–Crippen LogP) is 13.0. The van der Waals surface area contributed by atoms with E-state index in [9.17, 15) is 0 Å². The van der Waals surface area contributed by atoms with Gasteiger partial charge in [-0.15, -0.1) is 11.3 Å². The zero-order valence-corrected chi connectivity index (χ0v) is 25.4. The normalized spacial score (nSPS) is 11.6. The monoisotopic (exact) mass is 588 g/mol. The standard InChI is InChI=1S/C44H28S/c1-2-12-36-35(9-1)28-42(39-14-4-3-13-38(36)39)32-25-23-30(24-26-32)29-19-21-31(22-20-29)33-10-7-11-34(27-33)37-16-8-17-41-40-15-5-6-18-43(40)45-44(37)41/h1-28H. The molecule has 0 aliphatic carbocycles. The molecule has 210 valence electrons. The minimum absolute atomic E-state index is 1.22. The van der Waals surface area contributed by atoms with E-state index in [1.54, 1.807) is 0 Å². The zero-order chi connectivity index (χ0) is 29.7. The van der Waals surface area contributed by atoms with E-state index in [1.807, 2.05) is 11.3 Å². The summed E-state index contributed by atoms with van der Waals surface area (Å²) in [5, 5.41) is 7.84. The molecule has 8 aromatic carbocycles. The van der Waals surface area contributed by atoms with Crippen LogP contribution in [0.4, 0.5) is 0 Å². The van der Waals surface area contributed by atoms with Gasteiger partial charge in [0.15, 0.2) is 0 Å². The third-order valence-corrected chi connectivity index (χ3v) is 10.3. The highest BCUT2D eigenvalue weighted by Crippen LogP contribution is 2.41. The van der Waals surface area contributed by atoms with E-state index < -0.39 is 0 Å². The average molecular weight is 589 g/mol. The number of thiophene rings is 1. The molecule has 0 bridgehead atoms. The number of rotatable bonds is 4. The fourth-order valence-corrected chi connectivity index (χ4v) is 8.07. The second-order valence-corrected chi connectivity index (χ2v) is 12.8. The van der Waals surface area contributed by atoms with Gasteiger partial charge in [0.25, 0.3) is 0 Å². The van der Waals surface area contributed by atoms with Gasteiger partial charge in [0.2, 0.25) is 0 Å². The summed E-state index contributed by atoms with van der Waals surface area (Å²) in [5.41, 5.74) is 9.97. The Hall–Kier alpha value is -5.50. The molecule has 0 aliphatic rings. The Bertz CT molecular complexity index is 2510. The van der Waals surface area contributed by atoms with Gasteiger partial charge >= 0.3 is 0 Å². The van der Waals surface area contributed by atoms with E-state index in [1.165, 1.54) is 86.2 Å². The van der Waals surface area contributed by atoms with Crippen molar-refractivity contribution < 1.29 is 0 Å². The Kier molecular flexibility index (Phi) is 6.11. The van der Waals surface area contributed by atoms with Gasteiger partial charge in [-0.05, 0) is 84.3 Å². The molecule has 0 atom stereocenters. The lowest BCUT2D eigenvalue weighted by molar-refractivity contribution is 1.58. The lowest BCUT2D eigenvalue weighted by atomic mass is 9.92. The SMILES string of the molecule is c1cc(-c2ccc(-c3ccc(-c4cc5ccccc5c5ccccc45)cc3)cc2)cc(-c2cccc3c2sc2ccccc23)c1. The van der Waals surface area contributed by atoms with Crippen LogP contribution in [-0.4, -0.2) is 0 Å². The molecule has 0 fully saturated rings. The number of hydrogen-bond acceptors (Lipinski definition) is 1. The van der Waals surface area contributed by atoms with Crippen LogP contribution < -0.4 is 0 Å². The molecule has 1 heteroatoms. The first-order valence-electron chi connectivity index (χ1n) is 15.4. The zero-order valence-electron chi connectivity index (χ0n) is 24.6. The Labute approximate surface area is 266 Å². The second kappa shape index (κ2) is 10.6.